The number of pyridine rings is 1. The third-order valence-electron chi connectivity index (χ3n) is 2.50. The second-order valence-corrected chi connectivity index (χ2v) is 5.72. The van der Waals surface area contributed by atoms with Crippen LogP contribution in [-0.2, 0) is 10.0 Å². The Morgan fingerprint density at radius 3 is 2.55 bits per heavy atom. The topological polar surface area (TPSA) is 76.1 Å². The largest absolute Gasteiger partial charge is 0.295 e. The van der Waals surface area contributed by atoms with Crippen LogP contribution in [0.3, 0.4) is 0 Å². The second-order valence-electron chi connectivity index (χ2n) is 4.04. The van der Waals surface area contributed by atoms with Crippen LogP contribution in [0.25, 0.3) is 0 Å². The van der Waals surface area contributed by atoms with Crippen LogP contribution in [0.1, 0.15) is 17.3 Å². The molecule has 0 aliphatic rings. The summed E-state index contributed by atoms with van der Waals surface area (Å²) in [6.45, 7) is 1.34. The molecule has 0 spiro atoms. The first-order chi connectivity index (χ1) is 9.38. The van der Waals surface area contributed by atoms with Crippen LogP contribution in [0.15, 0.2) is 47.4 Å². The normalized spacial score (nSPS) is 11.1. The first-order valence-electron chi connectivity index (χ1n) is 5.65. The third kappa shape index (κ3) is 3.18. The van der Waals surface area contributed by atoms with Gasteiger partial charge in [-0.2, -0.15) is 4.39 Å². The van der Waals surface area contributed by atoms with Gasteiger partial charge in [0.2, 0.25) is 5.95 Å². The summed E-state index contributed by atoms with van der Waals surface area (Å²) in [5.74, 6) is -1.16. The maximum atomic E-state index is 12.9. The van der Waals surface area contributed by atoms with Gasteiger partial charge in [0.05, 0.1) is 4.90 Å². The van der Waals surface area contributed by atoms with Crippen molar-refractivity contribution in [1.82, 2.24) is 4.98 Å². The zero-order valence-corrected chi connectivity index (χ0v) is 11.3. The molecule has 0 fully saturated rings. The Morgan fingerprint density at radius 1 is 1.20 bits per heavy atom. The lowest BCUT2D eigenvalue weighted by molar-refractivity contribution is 0.101. The number of hydrogen-bond donors (Lipinski definition) is 1. The van der Waals surface area contributed by atoms with Gasteiger partial charge in [-0.3, -0.25) is 9.52 Å². The van der Waals surface area contributed by atoms with Crippen molar-refractivity contribution < 1.29 is 17.6 Å². The molecule has 0 unspecified atom stereocenters. The summed E-state index contributed by atoms with van der Waals surface area (Å²) in [6.07, 6.45) is 0. The van der Waals surface area contributed by atoms with Crippen LogP contribution in [0.2, 0.25) is 0 Å². The van der Waals surface area contributed by atoms with Gasteiger partial charge >= 0.3 is 0 Å². The van der Waals surface area contributed by atoms with E-state index in [1.165, 1.54) is 43.3 Å². The summed E-state index contributed by atoms with van der Waals surface area (Å²) in [7, 11) is -3.92. The van der Waals surface area contributed by atoms with E-state index in [4.69, 9.17) is 0 Å². The van der Waals surface area contributed by atoms with Gasteiger partial charge in [-0.1, -0.05) is 18.2 Å². The minimum atomic E-state index is -3.92. The molecule has 0 radical (unpaired) electrons. The lowest BCUT2D eigenvalue weighted by Gasteiger charge is -2.08. The van der Waals surface area contributed by atoms with E-state index in [2.05, 4.69) is 9.71 Å². The van der Waals surface area contributed by atoms with Crippen LogP contribution in [0, 0.1) is 5.95 Å². The van der Waals surface area contributed by atoms with E-state index in [0.717, 1.165) is 6.07 Å². The van der Waals surface area contributed by atoms with E-state index in [1.807, 2.05) is 0 Å². The molecule has 2 aromatic rings. The fraction of sp³-hybridized carbons (Fsp3) is 0.0769. The molecule has 0 saturated carbocycles. The van der Waals surface area contributed by atoms with Crippen molar-refractivity contribution in [3.63, 3.8) is 0 Å². The molecule has 0 aliphatic heterocycles. The van der Waals surface area contributed by atoms with Crippen molar-refractivity contribution >= 4 is 21.6 Å². The van der Waals surface area contributed by atoms with Crippen LogP contribution in [0.5, 0.6) is 0 Å². The SMILES string of the molecule is CC(=O)c1cccc(S(=O)(=O)Nc2cccc(F)n2)c1. The summed E-state index contributed by atoms with van der Waals surface area (Å²) in [4.78, 5) is 14.6. The predicted molar refractivity (Wildman–Crippen MR) is 71.5 cm³/mol. The van der Waals surface area contributed by atoms with Crippen LogP contribution < -0.4 is 4.72 Å². The quantitative estimate of drug-likeness (QED) is 0.693. The molecule has 104 valence electrons. The Balaban J connectivity index is 2.35. The lowest BCUT2D eigenvalue weighted by atomic mass is 10.2. The molecule has 1 N–H and O–H groups in total. The van der Waals surface area contributed by atoms with Crippen LogP contribution >= 0.6 is 0 Å². The first-order valence-corrected chi connectivity index (χ1v) is 7.13. The monoisotopic (exact) mass is 294 g/mol. The van der Waals surface area contributed by atoms with Crippen molar-refractivity contribution in [1.29, 1.82) is 0 Å². The van der Waals surface area contributed by atoms with E-state index in [1.54, 1.807) is 0 Å². The molecule has 7 heteroatoms. The van der Waals surface area contributed by atoms with Gasteiger partial charge in [-0.05, 0) is 31.2 Å². The number of anilines is 1. The number of nitrogens with one attached hydrogen (secondary N) is 1. The highest BCUT2D eigenvalue weighted by Gasteiger charge is 2.16. The standard InChI is InChI=1S/C13H11FN2O3S/c1-9(17)10-4-2-5-11(8-10)20(18,19)16-13-7-3-6-12(14)15-13/h2-8H,1H3,(H,15,16). The van der Waals surface area contributed by atoms with Gasteiger partial charge in [0.25, 0.3) is 10.0 Å². The van der Waals surface area contributed by atoms with Gasteiger partial charge in [0, 0.05) is 5.56 Å². The first kappa shape index (κ1) is 14.1. The number of benzene rings is 1. The molecule has 0 amide bonds. The fourth-order valence-electron chi connectivity index (χ4n) is 1.54. The molecular weight excluding hydrogens is 283 g/mol. The maximum Gasteiger partial charge on any atom is 0.263 e. The minimum Gasteiger partial charge on any atom is -0.295 e. The summed E-state index contributed by atoms with van der Waals surface area (Å²) >= 11 is 0. The Bertz CT molecular complexity index is 760. The second kappa shape index (κ2) is 5.38. The maximum absolute atomic E-state index is 12.9. The highest BCUT2D eigenvalue weighted by Crippen LogP contribution is 2.16. The van der Waals surface area contributed by atoms with Crippen molar-refractivity contribution in [2.45, 2.75) is 11.8 Å². The van der Waals surface area contributed by atoms with Crippen LogP contribution in [-0.4, -0.2) is 19.2 Å². The summed E-state index contributed by atoms with van der Waals surface area (Å²) < 4.78 is 39.3. The minimum absolute atomic E-state index is 0.0868. The molecule has 5 nitrogen and oxygen atoms in total. The van der Waals surface area contributed by atoms with Crippen molar-refractivity contribution in [2.75, 3.05) is 4.72 Å². The zero-order valence-electron chi connectivity index (χ0n) is 10.5. The van der Waals surface area contributed by atoms with Gasteiger partial charge in [0.1, 0.15) is 5.82 Å². The molecule has 0 aliphatic carbocycles. The number of hydrogen-bond acceptors (Lipinski definition) is 4. The van der Waals surface area contributed by atoms with Crippen molar-refractivity contribution in [2.24, 2.45) is 0 Å². The lowest BCUT2D eigenvalue weighted by Crippen LogP contribution is -2.14. The molecule has 1 aromatic heterocycles. The average Bonchev–Trinajstić information content (AvgIpc) is 2.38. The zero-order chi connectivity index (χ0) is 14.8. The number of aromatic nitrogens is 1. The Hall–Kier alpha value is -2.28. The van der Waals surface area contributed by atoms with Crippen LogP contribution in [0.4, 0.5) is 10.2 Å². The smallest absolute Gasteiger partial charge is 0.263 e. The molecule has 20 heavy (non-hydrogen) atoms. The van der Waals surface area contributed by atoms with E-state index < -0.39 is 16.0 Å². The molecule has 0 bridgehead atoms. The number of sulfonamides is 1. The average molecular weight is 294 g/mol. The molecule has 1 aromatic carbocycles. The van der Waals surface area contributed by atoms with Crippen molar-refractivity contribution in [3.05, 3.63) is 54.0 Å². The number of halogens is 1. The predicted octanol–water partition coefficient (Wildman–Crippen LogP) is 2.22. The number of carbonyl (C=O) groups is 1. The molecule has 0 saturated heterocycles. The highest BCUT2D eigenvalue weighted by molar-refractivity contribution is 7.92. The Labute approximate surface area is 115 Å². The number of Topliss-reactive ketones (excluding diaryl/α,β-unsaturated/α-hetero) is 1. The van der Waals surface area contributed by atoms with E-state index in [0.29, 0.717) is 0 Å². The van der Waals surface area contributed by atoms with Gasteiger partial charge in [-0.25, -0.2) is 13.4 Å². The summed E-state index contributed by atoms with van der Waals surface area (Å²) in [5.41, 5.74) is 0.278. The van der Waals surface area contributed by atoms with Crippen molar-refractivity contribution in [3.8, 4) is 0 Å². The molecule has 1 heterocycles. The number of rotatable bonds is 4. The number of nitrogens with zero attached hydrogens (tertiary/aromatic N) is 1. The number of ketones is 1. The van der Waals surface area contributed by atoms with Gasteiger partial charge in [0.15, 0.2) is 5.78 Å². The van der Waals surface area contributed by atoms with Gasteiger partial charge in [-0.15, -0.1) is 0 Å². The molecular formula is C13H11FN2O3S. The Kier molecular flexibility index (Phi) is 3.80. The highest BCUT2D eigenvalue weighted by atomic mass is 32.2. The molecule has 2 rings (SSSR count). The number of carbonyl (C=O) groups excluding carboxylic acids is 1. The van der Waals surface area contributed by atoms with E-state index >= 15 is 0 Å². The Morgan fingerprint density at radius 2 is 1.90 bits per heavy atom. The summed E-state index contributed by atoms with van der Waals surface area (Å²) in [6, 6.07) is 9.35. The van der Waals surface area contributed by atoms with E-state index in [9.17, 15) is 17.6 Å². The summed E-state index contributed by atoms with van der Waals surface area (Å²) in [5, 5.41) is 0. The van der Waals surface area contributed by atoms with E-state index in [-0.39, 0.29) is 22.1 Å². The fourth-order valence-corrected chi connectivity index (χ4v) is 2.59. The molecule has 0 atom stereocenters. The van der Waals surface area contributed by atoms with Gasteiger partial charge < -0.3 is 0 Å². The third-order valence-corrected chi connectivity index (χ3v) is 3.86.